The Morgan fingerprint density at radius 2 is 2.05 bits per heavy atom. The van der Waals surface area contributed by atoms with Crippen LogP contribution in [0.3, 0.4) is 0 Å². The molecule has 0 spiro atoms. The molecule has 1 unspecified atom stereocenters. The number of piperazine rings is 1. The van der Waals surface area contributed by atoms with Crippen molar-refractivity contribution in [3.8, 4) is 0 Å². The zero-order valence-electron chi connectivity index (χ0n) is 12.9. The molecule has 0 saturated carbocycles. The van der Waals surface area contributed by atoms with E-state index in [0.29, 0.717) is 0 Å². The molecule has 0 radical (unpaired) electrons. The third-order valence-electron chi connectivity index (χ3n) is 4.09. The van der Waals surface area contributed by atoms with Crippen LogP contribution in [-0.4, -0.2) is 44.3 Å². The van der Waals surface area contributed by atoms with Crippen LogP contribution in [0.1, 0.15) is 32.3 Å². The van der Waals surface area contributed by atoms with Crippen LogP contribution in [-0.2, 0) is 10.3 Å². The molecule has 1 saturated heterocycles. The molecule has 0 aliphatic carbocycles. The maximum absolute atomic E-state index is 5.69. The third kappa shape index (κ3) is 4.30. The number of unbranched alkanes of at least 4 members (excludes halogenated alkanes) is 1. The van der Waals surface area contributed by atoms with Crippen LogP contribution >= 0.6 is 0 Å². The van der Waals surface area contributed by atoms with Gasteiger partial charge in [-0.25, -0.2) is 0 Å². The summed E-state index contributed by atoms with van der Waals surface area (Å²) in [6.45, 7) is 10.5. The van der Waals surface area contributed by atoms with Gasteiger partial charge in [0.15, 0.2) is 0 Å². The molecule has 1 fully saturated rings. The smallest absolute Gasteiger partial charge is 0.0593 e. The molecule has 0 aromatic heterocycles. The van der Waals surface area contributed by atoms with E-state index in [2.05, 4.69) is 54.4 Å². The molecule has 1 heterocycles. The van der Waals surface area contributed by atoms with Gasteiger partial charge in [-0.3, -0.25) is 4.90 Å². The molecule has 0 amide bonds. The fraction of sp³-hybridized carbons (Fsp3) is 0.647. The average molecular weight is 276 g/mol. The lowest BCUT2D eigenvalue weighted by atomic mass is 9.90. The number of ether oxygens (including phenoxy) is 1. The van der Waals surface area contributed by atoms with Crippen molar-refractivity contribution < 1.29 is 4.74 Å². The molecule has 1 aromatic carbocycles. The molecule has 1 aliphatic rings. The van der Waals surface area contributed by atoms with E-state index in [9.17, 15) is 0 Å². The molecule has 112 valence electrons. The van der Waals surface area contributed by atoms with Crippen molar-refractivity contribution in [2.75, 3.05) is 39.4 Å². The first-order chi connectivity index (χ1) is 9.74. The summed E-state index contributed by atoms with van der Waals surface area (Å²) in [5, 5.41) is 3.67. The lowest BCUT2D eigenvalue weighted by Gasteiger charge is -2.42. The standard InChI is InChI=1S/C17H28N2O/c1-3-4-13-20-14-12-19-11-10-18-17(2,15-19)16-8-6-5-7-9-16/h5-9,18H,3-4,10-15H2,1-2H3. The normalized spacial score (nSPS) is 23.9. The van der Waals surface area contributed by atoms with Crippen LogP contribution in [0.2, 0.25) is 0 Å². The number of rotatable bonds is 7. The summed E-state index contributed by atoms with van der Waals surface area (Å²) in [5.41, 5.74) is 1.43. The van der Waals surface area contributed by atoms with Gasteiger partial charge in [-0.05, 0) is 18.9 Å². The highest BCUT2D eigenvalue weighted by molar-refractivity contribution is 5.24. The van der Waals surface area contributed by atoms with E-state index in [1.165, 1.54) is 18.4 Å². The molecular weight excluding hydrogens is 248 g/mol. The Bertz CT molecular complexity index is 382. The highest BCUT2D eigenvalue weighted by Crippen LogP contribution is 2.23. The van der Waals surface area contributed by atoms with E-state index < -0.39 is 0 Å². The van der Waals surface area contributed by atoms with E-state index >= 15 is 0 Å². The molecule has 0 bridgehead atoms. The molecule has 1 aromatic rings. The Hall–Kier alpha value is -0.900. The Morgan fingerprint density at radius 3 is 2.80 bits per heavy atom. The maximum atomic E-state index is 5.69. The summed E-state index contributed by atoms with van der Waals surface area (Å²) in [6.07, 6.45) is 2.38. The second-order valence-electron chi connectivity index (χ2n) is 5.87. The summed E-state index contributed by atoms with van der Waals surface area (Å²) in [5.74, 6) is 0. The van der Waals surface area contributed by atoms with Crippen LogP contribution in [0, 0.1) is 0 Å². The van der Waals surface area contributed by atoms with Gasteiger partial charge < -0.3 is 10.1 Å². The molecule has 3 heteroatoms. The van der Waals surface area contributed by atoms with Crippen molar-refractivity contribution >= 4 is 0 Å². The second-order valence-corrected chi connectivity index (χ2v) is 5.87. The van der Waals surface area contributed by atoms with Crippen molar-refractivity contribution in [2.45, 2.75) is 32.2 Å². The minimum absolute atomic E-state index is 0.0585. The number of hydrogen-bond donors (Lipinski definition) is 1. The first-order valence-corrected chi connectivity index (χ1v) is 7.85. The van der Waals surface area contributed by atoms with Gasteiger partial charge in [0.2, 0.25) is 0 Å². The maximum Gasteiger partial charge on any atom is 0.0593 e. The summed E-state index contributed by atoms with van der Waals surface area (Å²) in [4.78, 5) is 2.51. The van der Waals surface area contributed by atoms with Crippen LogP contribution in [0.25, 0.3) is 0 Å². The summed E-state index contributed by atoms with van der Waals surface area (Å²) in [6, 6.07) is 10.8. The van der Waals surface area contributed by atoms with E-state index in [0.717, 1.165) is 39.4 Å². The van der Waals surface area contributed by atoms with E-state index in [1.54, 1.807) is 0 Å². The third-order valence-corrected chi connectivity index (χ3v) is 4.09. The average Bonchev–Trinajstić information content (AvgIpc) is 2.48. The monoisotopic (exact) mass is 276 g/mol. The number of nitrogens with one attached hydrogen (secondary N) is 1. The Kier molecular flexibility index (Phi) is 6.02. The van der Waals surface area contributed by atoms with E-state index in [-0.39, 0.29) is 5.54 Å². The first-order valence-electron chi connectivity index (χ1n) is 7.85. The van der Waals surface area contributed by atoms with Crippen molar-refractivity contribution in [1.82, 2.24) is 10.2 Å². The largest absolute Gasteiger partial charge is 0.380 e. The predicted octanol–water partition coefficient (Wildman–Crippen LogP) is 2.62. The summed E-state index contributed by atoms with van der Waals surface area (Å²) >= 11 is 0. The second kappa shape index (κ2) is 7.77. The zero-order valence-corrected chi connectivity index (χ0v) is 12.9. The lowest BCUT2D eigenvalue weighted by molar-refractivity contribution is 0.0746. The number of benzene rings is 1. The van der Waals surface area contributed by atoms with Gasteiger partial charge in [-0.2, -0.15) is 0 Å². The summed E-state index contributed by atoms with van der Waals surface area (Å²) in [7, 11) is 0. The number of hydrogen-bond acceptors (Lipinski definition) is 3. The lowest BCUT2D eigenvalue weighted by Crippen LogP contribution is -2.57. The molecular formula is C17H28N2O. The molecule has 20 heavy (non-hydrogen) atoms. The molecule has 2 rings (SSSR count). The van der Waals surface area contributed by atoms with Gasteiger partial charge in [-0.15, -0.1) is 0 Å². The minimum Gasteiger partial charge on any atom is -0.380 e. The zero-order chi connectivity index (χ0) is 14.3. The predicted molar refractivity (Wildman–Crippen MR) is 84.0 cm³/mol. The van der Waals surface area contributed by atoms with Gasteiger partial charge in [0.05, 0.1) is 12.1 Å². The number of nitrogens with zero attached hydrogens (tertiary/aromatic N) is 1. The van der Waals surface area contributed by atoms with Crippen LogP contribution in [0.5, 0.6) is 0 Å². The quantitative estimate of drug-likeness (QED) is 0.775. The van der Waals surface area contributed by atoms with E-state index in [4.69, 9.17) is 4.74 Å². The van der Waals surface area contributed by atoms with Gasteiger partial charge in [0, 0.05) is 32.8 Å². The highest BCUT2D eigenvalue weighted by atomic mass is 16.5. The van der Waals surface area contributed by atoms with Crippen molar-refractivity contribution in [3.05, 3.63) is 35.9 Å². The van der Waals surface area contributed by atoms with Gasteiger partial charge >= 0.3 is 0 Å². The molecule has 1 atom stereocenters. The molecule has 1 N–H and O–H groups in total. The fourth-order valence-corrected chi connectivity index (χ4v) is 2.80. The van der Waals surface area contributed by atoms with Crippen molar-refractivity contribution in [1.29, 1.82) is 0 Å². The molecule has 1 aliphatic heterocycles. The fourth-order valence-electron chi connectivity index (χ4n) is 2.80. The first kappa shape index (κ1) is 15.5. The van der Waals surface area contributed by atoms with Crippen LogP contribution in [0.15, 0.2) is 30.3 Å². The Balaban J connectivity index is 1.82. The van der Waals surface area contributed by atoms with Crippen LogP contribution < -0.4 is 5.32 Å². The van der Waals surface area contributed by atoms with Gasteiger partial charge in [0.1, 0.15) is 0 Å². The van der Waals surface area contributed by atoms with Gasteiger partial charge in [0.25, 0.3) is 0 Å². The van der Waals surface area contributed by atoms with E-state index in [1.807, 2.05) is 0 Å². The topological polar surface area (TPSA) is 24.5 Å². The summed E-state index contributed by atoms with van der Waals surface area (Å²) < 4.78 is 5.69. The highest BCUT2D eigenvalue weighted by Gasteiger charge is 2.31. The van der Waals surface area contributed by atoms with Crippen molar-refractivity contribution in [3.63, 3.8) is 0 Å². The minimum atomic E-state index is 0.0585. The Morgan fingerprint density at radius 1 is 1.25 bits per heavy atom. The SMILES string of the molecule is CCCCOCCN1CCNC(C)(c2ccccc2)C1. The molecule has 3 nitrogen and oxygen atoms in total. The van der Waals surface area contributed by atoms with Crippen molar-refractivity contribution in [2.24, 2.45) is 0 Å². The van der Waals surface area contributed by atoms with Crippen LogP contribution in [0.4, 0.5) is 0 Å². The Labute approximate surface area is 123 Å². The van der Waals surface area contributed by atoms with Gasteiger partial charge in [-0.1, -0.05) is 43.7 Å².